The van der Waals surface area contributed by atoms with Crippen LogP contribution in [0.3, 0.4) is 0 Å². The number of carboxylic acid groups (broad SMARTS) is 1. The zero-order chi connectivity index (χ0) is 11.6. The van der Waals surface area contributed by atoms with E-state index in [2.05, 4.69) is 5.32 Å². The summed E-state index contributed by atoms with van der Waals surface area (Å²) in [5.41, 5.74) is -0.752. The van der Waals surface area contributed by atoms with Gasteiger partial charge in [-0.1, -0.05) is 0 Å². The highest BCUT2D eigenvalue weighted by Crippen LogP contribution is 2.26. The molecule has 0 aliphatic carbocycles. The van der Waals surface area contributed by atoms with Gasteiger partial charge < -0.3 is 15.5 Å². The van der Waals surface area contributed by atoms with Crippen molar-refractivity contribution >= 4 is 17.6 Å². The number of anilines is 1. The summed E-state index contributed by atoms with van der Waals surface area (Å²) in [7, 11) is 0. The Kier molecular flexibility index (Phi) is 2.89. The number of halogens is 1. The average Bonchev–Trinajstić information content (AvgIpc) is 2.08. The molecule has 0 heterocycles. The molecule has 0 radical (unpaired) electrons. The Bertz CT molecular complexity index is 430. The topological polar surface area (TPSA) is 86.6 Å². The Morgan fingerprint density at radius 2 is 2.00 bits per heavy atom. The summed E-state index contributed by atoms with van der Waals surface area (Å²) in [5.74, 6) is -3.55. The zero-order valence-corrected chi connectivity index (χ0v) is 7.74. The molecular formula is C9H8FNO4. The second kappa shape index (κ2) is 3.95. The van der Waals surface area contributed by atoms with Crippen LogP contribution in [0, 0.1) is 5.82 Å². The maximum Gasteiger partial charge on any atom is 0.338 e. The van der Waals surface area contributed by atoms with E-state index in [1.165, 1.54) is 6.92 Å². The monoisotopic (exact) mass is 213 g/mol. The molecule has 5 nitrogen and oxygen atoms in total. The molecule has 15 heavy (non-hydrogen) atoms. The van der Waals surface area contributed by atoms with Crippen molar-refractivity contribution in [1.82, 2.24) is 0 Å². The normalized spacial score (nSPS) is 9.73. The van der Waals surface area contributed by atoms with Crippen molar-refractivity contribution < 1.29 is 24.2 Å². The first-order valence-electron chi connectivity index (χ1n) is 3.95. The third kappa shape index (κ3) is 2.43. The van der Waals surface area contributed by atoms with Crippen LogP contribution in [-0.2, 0) is 4.79 Å². The van der Waals surface area contributed by atoms with Crippen molar-refractivity contribution in [1.29, 1.82) is 0 Å². The second-order valence-electron chi connectivity index (χ2n) is 2.84. The lowest BCUT2D eigenvalue weighted by molar-refractivity contribution is -0.114. The molecule has 0 unspecified atom stereocenters. The number of phenolic OH excluding ortho intramolecular Hbond substituents is 1. The van der Waals surface area contributed by atoms with Crippen LogP contribution in [-0.4, -0.2) is 22.1 Å². The molecule has 0 aromatic heterocycles. The van der Waals surface area contributed by atoms with Crippen LogP contribution in [0.25, 0.3) is 0 Å². The third-order valence-electron chi connectivity index (χ3n) is 1.63. The number of aromatic carboxylic acids is 1. The van der Waals surface area contributed by atoms with Gasteiger partial charge in [0.2, 0.25) is 5.91 Å². The summed E-state index contributed by atoms with van der Waals surface area (Å²) in [6, 6.07) is 1.49. The minimum Gasteiger partial charge on any atom is -0.506 e. The van der Waals surface area contributed by atoms with E-state index in [1.54, 1.807) is 0 Å². The maximum absolute atomic E-state index is 13.0. The number of hydrogen-bond acceptors (Lipinski definition) is 3. The number of amides is 1. The van der Waals surface area contributed by atoms with Crippen LogP contribution in [0.1, 0.15) is 17.3 Å². The van der Waals surface area contributed by atoms with Gasteiger partial charge in [-0.25, -0.2) is 9.18 Å². The van der Waals surface area contributed by atoms with Gasteiger partial charge in [0.15, 0.2) is 0 Å². The molecule has 1 amide bonds. The van der Waals surface area contributed by atoms with Crippen LogP contribution in [0.15, 0.2) is 12.1 Å². The zero-order valence-electron chi connectivity index (χ0n) is 7.74. The van der Waals surface area contributed by atoms with Crippen molar-refractivity contribution in [3.05, 3.63) is 23.5 Å². The number of carboxylic acids is 1. The number of hydrogen-bond donors (Lipinski definition) is 3. The fourth-order valence-corrected chi connectivity index (χ4v) is 1.02. The third-order valence-corrected chi connectivity index (χ3v) is 1.63. The minimum atomic E-state index is -1.47. The Morgan fingerprint density at radius 3 is 2.47 bits per heavy atom. The Morgan fingerprint density at radius 1 is 1.40 bits per heavy atom. The summed E-state index contributed by atoms with van der Waals surface area (Å²) in [6.45, 7) is 1.18. The van der Waals surface area contributed by atoms with Crippen molar-refractivity contribution in [2.24, 2.45) is 0 Å². The summed E-state index contributed by atoms with van der Waals surface area (Å²) >= 11 is 0. The number of benzene rings is 1. The lowest BCUT2D eigenvalue weighted by atomic mass is 10.1. The van der Waals surface area contributed by atoms with Crippen LogP contribution < -0.4 is 5.32 Å². The first kappa shape index (κ1) is 11.0. The highest BCUT2D eigenvalue weighted by molar-refractivity contribution is 5.94. The summed E-state index contributed by atoms with van der Waals surface area (Å²) in [6.07, 6.45) is 0. The number of carbonyl (C=O) groups excluding carboxylic acids is 1. The second-order valence-corrected chi connectivity index (χ2v) is 2.84. The van der Waals surface area contributed by atoms with Crippen molar-refractivity contribution in [2.45, 2.75) is 6.92 Å². The number of carbonyl (C=O) groups is 2. The molecule has 0 aliphatic rings. The van der Waals surface area contributed by atoms with Gasteiger partial charge in [0.25, 0.3) is 0 Å². The quantitative estimate of drug-likeness (QED) is 0.644. The van der Waals surface area contributed by atoms with Crippen molar-refractivity contribution in [2.75, 3.05) is 5.32 Å². The highest BCUT2D eigenvalue weighted by Gasteiger charge is 2.15. The molecular weight excluding hydrogens is 205 g/mol. The van der Waals surface area contributed by atoms with E-state index in [4.69, 9.17) is 5.11 Å². The Hall–Kier alpha value is -2.11. The van der Waals surface area contributed by atoms with Crippen LogP contribution in [0.2, 0.25) is 0 Å². The van der Waals surface area contributed by atoms with E-state index < -0.39 is 29.0 Å². The first-order chi connectivity index (χ1) is 6.91. The molecule has 1 aromatic carbocycles. The SMILES string of the molecule is CC(=O)Nc1cc(C(=O)O)c(F)cc1O. The predicted molar refractivity (Wildman–Crippen MR) is 49.3 cm³/mol. The molecule has 0 spiro atoms. The molecule has 1 aromatic rings. The fourth-order valence-electron chi connectivity index (χ4n) is 1.02. The highest BCUT2D eigenvalue weighted by atomic mass is 19.1. The van der Waals surface area contributed by atoms with E-state index in [1.807, 2.05) is 0 Å². The lowest BCUT2D eigenvalue weighted by Gasteiger charge is -2.06. The summed E-state index contributed by atoms with van der Waals surface area (Å²) < 4.78 is 13.0. The molecule has 1 rings (SSSR count). The average molecular weight is 213 g/mol. The largest absolute Gasteiger partial charge is 0.506 e. The van der Waals surface area contributed by atoms with Gasteiger partial charge in [-0.15, -0.1) is 0 Å². The summed E-state index contributed by atoms with van der Waals surface area (Å²) in [4.78, 5) is 21.2. The van der Waals surface area contributed by atoms with E-state index in [9.17, 15) is 19.1 Å². The standard InChI is InChI=1S/C9H8FNO4/c1-4(12)11-7-2-5(9(14)15)6(10)3-8(7)13/h2-3,13H,1H3,(H,11,12)(H,14,15). The van der Waals surface area contributed by atoms with Crippen LogP contribution in [0.4, 0.5) is 10.1 Å². The van der Waals surface area contributed by atoms with Crippen LogP contribution >= 0.6 is 0 Å². The fraction of sp³-hybridized carbons (Fsp3) is 0.111. The molecule has 0 saturated heterocycles. The van der Waals surface area contributed by atoms with Gasteiger partial charge in [-0.05, 0) is 6.07 Å². The van der Waals surface area contributed by atoms with Crippen LogP contribution in [0.5, 0.6) is 5.75 Å². The van der Waals surface area contributed by atoms with Gasteiger partial charge in [-0.2, -0.15) is 0 Å². The molecule has 0 saturated carbocycles. The number of aromatic hydroxyl groups is 1. The van der Waals surface area contributed by atoms with E-state index in [-0.39, 0.29) is 5.69 Å². The maximum atomic E-state index is 13.0. The number of nitrogens with one attached hydrogen (secondary N) is 1. The molecule has 6 heteroatoms. The number of rotatable bonds is 2. The molecule has 0 fully saturated rings. The van der Waals surface area contributed by atoms with Gasteiger partial charge in [0.05, 0.1) is 11.3 Å². The molecule has 3 N–H and O–H groups in total. The van der Waals surface area contributed by atoms with Crippen molar-refractivity contribution in [3.8, 4) is 5.75 Å². The van der Waals surface area contributed by atoms with E-state index >= 15 is 0 Å². The van der Waals surface area contributed by atoms with Gasteiger partial charge in [0.1, 0.15) is 11.6 Å². The smallest absolute Gasteiger partial charge is 0.338 e. The van der Waals surface area contributed by atoms with Gasteiger partial charge >= 0.3 is 5.97 Å². The lowest BCUT2D eigenvalue weighted by Crippen LogP contribution is -2.08. The molecule has 0 aliphatic heterocycles. The van der Waals surface area contributed by atoms with Gasteiger partial charge in [-0.3, -0.25) is 4.79 Å². The van der Waals surface area contributed by atoms with E-state index in [0.29, 0.717) is 6.07 Å². The van der Waals surface area contributed by atoms with Crippen molar-refractivity contribution in [3.63, 3.8) is 0 Å². The minimum absolute atomic E-state index is 0.138. The van der Waals surface area contributed by atoms with Gasteiger partial charge in [0, 0.05) is 13.0 Å². The molecule has 0 bridgehead atoms. The van der Waals surface area contributed by atoms with E-state index in [0.717, 1.165) is 6.07 Å². The molecule has 80 valence electrons. The predicted octanol–water partition coefficient (Wildman–Crippen LogP) is 1.19. The first-order valence-corrected chi connectivity index (χ1v) is 3.95. The summed E-state index contributed by atoms with van der Waals surface area (Å²) in [5, 5.41) is 20.0. The molecule has 0 atom stereocenters. The Labute approximate surface area is 84.2 Å². The Balaban J connectivity index is 3.23. The number of phenols is 1.